The lowest BCUT2D eigenvalue weighted by Gasteiger charge is -2.20. The fraction of sp³-hybridized carbons (Fsp3) is 0.375. The van der Waals surface area contributed by atoms with Crippen LogP contribution in [0.25, 0.3) is 10.9 Å². The molecule has 6 heteroatoms. The van der Waals surface area contributed by atoms with Gasteiger partial charge in [0.2, 0.25) is 5.91 Å². The quantitative estimate of drug-likeness (QED) is 0.506. The van der Waals surface area contributed by atoms with Gasteiger partial charge in [0.05, 0.1) is 20.3 Å². The van der Waals surface area contributed by atoms with E-state index in [1.165, 1.54) is 10.9 Å². The largest absolute Gasteiger partial charge is 0.493 e. The number of carbonyl (C=O) groups excluding carboxylic acids is 1. The average Bonchev–Trinajstić information content (AvgIpc) is 3.17. The van der Waals surface area contributed by atoms with Crippen molar-refractivity contribution in [3.8, 4) is 11.5 Å². The number of likely N-dealkylation sites (N-methyl/N-ethyl adjacent to an activating group) is 1. The zero-order valence-electron chi connectivity index (χ0n) is 18.0. The van der Waals surface area contributed by atoms with Crippen LogP contribution in [-0.2, 0) is 17.8 Å². The number of nitrogens with zero attached hydrogens (tertiary/aromatic N) is 1. The predicted molar refractivity (Wildman–Crippen MR) is 120 cm³/mol. The fourth-order valence-electron chi connectivity index (χ4n) is 3.56. The third-order valence-electron chi connectivity index (χ3n) is 5.14. The topological polar surface area (TPSA) is 66.6 Å². The Kier molecular flexibility index (Phi) is 7.74. The highest BCUT2D eigenvalue weighted by molar-refractivity contribution is 5.83. The molecule has 160 valence electrons. The smallest absolute Gasteiger partial charge is 0.234 e. The molecule has 0 saturated heterocycles. The highest BCUT2D eigenvalue weighted by Gasteiger charge is 2.12. The molecule has 2 N–H and O–H groups in total. The molecule has 6 nitrogen and oxygen atoms in total. The number of carbonyl (C=O) groups is 1. The number of hydrogen-bond donors (Lipinski definition) is 2. The van der Waals surface area contributed by atoms with E-state index in [4.69, 9.17) is 9.47 Å². The van der Waals surface area contributed by atoms with Crippen LogP contribution >= 0.6 is 0 Å². The molecule has 0 bridgehead atoms. The van der Waals surface area contributed by atoms with Crippen molar-refractivity contribution in [2.45, 2.75) is 26.8 Å². The number of benzene rings is 2. The van der Waals surface area contributed by atoms with E-state index in [9.17, 15) is 4.79 Å². The molecular weight excluding hydrogens is 378 g/mol. The molecule has 0 unspecified atom stereocenters. The minimum atomic E-state index is 0.0367. The number of aromatic amines is 1. The summed E-state index contributed by atoms with van der Waals surface area (Å²) >= 11 is 0. The van der Waals surface area contributed by atoms with E-state index < -0.39 is 0 Å². The fourth-order valence-corrected chi connectivity index (χ4v) is 3.56. The Balaban J connectivity index is 1.50. The average molecular weight is 410 g/mol. The first-order valence-corrected chi connectivity index (χ1v) is 10.5. The van der Waals surface area contributed by atoms with E-state index in [0.29, 0.717) is 32.0 Å². The summed E-state index contributed by atoms with van der Waals surface area (Å²) in [4.78, 5) is 17.8. The number of nitrogens with one attached hydrogen (secondary N) is 2. The number of para-hydroxylation sites is 1. The number of hydrogen-bond acceptors (Lipinski definition) is 4. The standard InChI is InChI=1S/C24H31N3O3/c1-4-27(16-18-10-11-22(30-5-2)23(14-18)29-3)17-24(28)25-13-12-19-15-26-21-9-7-6-8-20(19)21/h6-11,14-15,26H,4-5,12-13,16-17H2,1-3H3,(H,25,28). The van der Waals surface area contributed by atoms with Crippen molar-refractivity contribution < 1.29 is 14.3 Å². The Morgan fingerprint density at radius 2 is 1.97 bits per heavy atom. The van der Waals surface area contributed by atoms with Gasteiger partial charge in [0.25, 0.3) is 0 Å². The summed E-state index contributed by atoms with van der Waals surface area (Å²) in [5.74, 6) is 1.49. The molecular formula is C24H31N3O3. The Morgan fingerprint density at radius 3 is 2.73 bits per heavy atom. The van der Waals surface area contributed by atoms with E-state index in [2.05, 4.69) is 34.3 Å². The minimum absolute atomic E-state index is 0.0367. The number of methoxy groups -OCH3 is 1. The van der Waals surface area contributed by atoms with Crippen molar-refractivity contribution in [1.29, 1.82) is 0 Å². The van der Waals surface area contributed by atoms with E-state index >= 15 is 0 Å². The van der Waals surface area contributed by atoms with Crippen molar-refractivity contribution in [2.24, 2.45) is 0 Å². The number of amides is 1. The molecule has 3 aromatic rings. The van der Waals surface area contributed by atoms with Gasteiger partial charge in [0, 0.05) is 30.2 Å². The molecule has 3 rings (SSSR count). The van der Waals surface area contributed by atoms with Crippen LogP contribution < -0.4 is 14.8 Å². The molecule has 0 saturated carbocycles. The second-order valence-electron chi connectivity index (χ2n) is 7.18. The van der Waals surface area contributed by atoms with Gasteiger partial charge >= 0.3 is 0 Å². The highest BCUT2D eigenvalue weighted by Crippen LogP contribution is 2.28. The minimum Gasteiger partial charge on any atom is -0.493 e. The molecule has 2 aromatic carbocycles. The molecule has 0 aliphatic heterocycles. The Labute approximate surface area is 178 Å². The first kappa shape index (κ1) is 21.7. The summed E-state index contributed by atoms with van der Waals surface area (Å²) in [6.45, 7) is 7.04. The van der Waals surface area contributed by atoms with Crippen LogP contribution in [0.5, 0.6) is 11.5 Å². The summed E-state index contributed by atoms with van der Waals surface area (Å²) in [7, 11) is 1.64. The zero-order chi connectivity index (χ0) is 21.3. The van der Waals surface area contributed by atoms with Gasteiger partial charge in [0.15, 0.2) is 11.5 Å². The van der Waals surface area contributed by atoms with Gasteiger partial charge in [-0.2, -0.15) is 0 Å². The summed E-state index contributed by atoms with van der Waals surface area (Å²) in [6.07, 6.45) is 2.83. The predicted octanol–water partition coefficient (Wildman–Crippen LogP) is 3.76. The van der Waals surface area contributed by atoms with Crippen molar-refractivity contribution in [2.75, 3.05) is 33.4 Å². The first-order chi connectivity index (χ1) is 14.6. The van der Waals surface area contributed by atoms with Gasteiger partial charge in [-0.25, -0.2) is 0 Å². The second-order valence-corrected chi connectivity index (χ2v) is 7.18. The van der Waals surface area contributed by atoms with Gasteiger partial charge in [-0.15, -0.1) is 0 Å². The van der Waals surface area contributed by atoms with E-state index in [1.807, 2.05) is 43.5 Å². The SMILES string of the molecule is CCOc1ccc(CN(CC)CC(=O)NCCc2c[nH]c3ccccc23)cc1OC. The van der Waals surface area contributed by atoms with Crippen LogP contribution in [0, 0.1) is 0 Å². The van der Waals surface area contributed by atoms with Crippen molar-refractivity contribution in [3.63, 3.8) is 0 Å². The number of ether oxygens (including phenoxy) is 2. The maximum atomic E-state index is 12.5. The van der Waals surface area contributed by atoms with Crippen LogP contribution in [0.1, 0.15) is 25.0 Å². The summed E-state index contributed by atoms with van der Waals surface area (Å²) in [5, 5.41) is 4.26. The summed E-state index contributed by atoms with van der Waals surface area (Å²) in [5.41, 5.74) is 3.44. The summed E-state index contributed by atoms with van der Waals surface area (Å²) in [6, 6.07) is 14.1. The summed E-state index contributed by atoms with van der Waals surface area (Å²) < 4.78 is 11.0. The van der Waals surface area contributed by atoms with Crippen molar-refractivity contribution in [1.82, 2.24) is 15.2 Å². The highest BCUT2D eigenvalue weighted by atomic mass is 16.5. The zero-order valence-corrected chi connectivity index (χ0v) is 18.0. The maximum Gasteiger partial charge on any atom is 0.234 e. The monoisotopic (exact) mass is 409 g/mol. The van der Waals surface area contributed by atoms with Gasteiger partial charge in [-0.1, -0.05) is 31.2 Å². The van der Waals surface area contributed by atoms with Crippen LogP contribution in [0.4, 0.5) is 0 Å². The lowest BCUT2D eigenvalue weighted by Crippen LogP contribution is -2.37. The lowest BCUT2D eigenvalue weighted by molar-refractivity contribution is -0.122. The Morgan fingerprint density at radius 1 is 1.13 bits per heavy atom. The van der Waals surface area contributed by atoms with E-state index in [-0.39, 0.29) is 5.91 Å². The number of fused-ring (bicyclic) bond motifs is 1. The van der Waals surface area contributed by atoms with Crippen LogP contribution in [-0.4, -0.2) is 49.1 Å². The molecule has 1 amide bonds. The Bertz CT molecular complexity index is 967. The molecule has 0 fully saturated rings. The molecule has 0 radical (unpaired) electrons. The Hall–Kier alpha value is -2.99. The molecule has 0 spiro atoms. The van der Waals surface area contributed by atoms with E-state index in [0.717, 1.165) is 29.8 Å². The van der Waals surface area contributed by atoms with Crippen molar-refractivity contribution >= 4 is 16.8 Å². The molecule has 1 heterocycles. The molecule has 30 heavy (non-hydrogen) atoms. The second kappa shape index (κ2) is 10.7. The number of H-pyrrole nitrogens is 1. The van der Waals surface area contributed by atoms with Crippen LogP contribution in [0.15, 0.2) is 48.7 Å². The molecule has 0 aliphatic carbocycles. The third kappa shape index (κ3) is 5.54. The van der Waals surface area contributed by atoms with Crippen LogP contribution in [0.3, 0.4) is 0 Å². The van der Waals surface area contributed by atoms with Crippen LogP contribution in [0.2, 0.25) is 0 Å². The maximum absolute atomic E-state index is 12.5. The molecule has 0 aliphatic rings. The van der Waals surface area contributed by atoms with Crippen molar-refractivity contribution in [3.05, 3.63) is 59.8 Å². The van der Waals surface area contributed by atoms with E-state index in [1.54, 1.807) is 7.11 Å². The van der Waals surface area contributed by atoms with Gasteiger partial charge in [-0.3, -0.25) is 9.69 Å². The lowest BCUT2D eigenvalue weighted by atomic mass is 10.1. The normalized spacial score (nSPS) is 11.1. The third-order valence-corrected chi connectivity index (χ3v) is 5.14. The number of aromatic nitrogens is 1. The van der Waals surface area contributed by atoms with Gasteiger partial charge in [0.1, 0.15) is 0 Å². The first-order valence-electron chi connectivity index (χ1n) is 10.5. The molecule has 0 atom stereocenters. The van der Waals surface area contributed by atoms with Gasteiger partial charge < -0.3 is 19.8 Å². The molecule has 1 aromatic heterocycles. The van der Waals surface area contributed by atoms with Gasteiger partial charge in [-0.05, 0) is 49.2 Å². The number of rotatable bonds is 11.